The van der Waals surface area contributed by atoms with E-state index >= 15 is 0 Å². The van der Waals surface area contributed by atoms with Gasteiger partial charge < -0.3 is 29.2 Å². The van der Waals surface area contributed by atoms with Gasteiger partial charge in [0, 0.05) is 30.6 Å². The number of fused-ring (bicyclic) bond motifs is 3. The van der Waals surface area contributed by atoms with Crippen molar-refractivity contribution in [2.24, 2.45) is 16.7 Å². The molecule has 1 aromatic rings. The van der Waals surface area contributed by atoms with Crippen LogP contribution in [0.25, 0.3) is 0 Å². The first kappa shape index (κ1) is 27.1. The minimum Gasteiger partial charge on any atom is -0.462 e. The molecule has 1 aromatic carbocycles. The Morgan fingerprint density at radius 1 is 0.974 bits per heavy atom. The number of hydrogen-bond donors (Lipinski definition) is 2. The fraction of sp³-hybridized carbons (Fsp3) is 0.690. The topological polar surface area (TPSA) is 129 Å². The fourth-order valence-electron chi connectivity index (χ4n) is 8.13. The van der Waals surface area contributed by atoms with Crippen molar-refractivity contribution in [2.75, 3.05) is 6.61 Å². The van der Waals surface area contributed by atoms with Crippen molar-refractivity contribution in [3.63, 3.8) is 0 Å². The molecule has 38 heavy (non-hydrogen) atoms. The van der Waals surface area contributed by atoms with Gasteiger partial charge in [-0.1, -0.05) is 32.0 Å². The van der Waals surface area contributed by atoms with Gasteiger partial charge in [-0.3, -0.25) is 9.59 Å². The molecular formula is C29H38O9. The van der Waals surface area contributed by atoms with Crippen molar-refractivity contribution in [1.29, 1.82) is 0 Å². The average Bonchev–Trinajstić information content (AvgIpc) is 3.19. The summed E-state index contributed by atoms with van der Waals surface area (Å²) in [4.78, 5) is 37.4. The number of hydrogen-bond acceptors (Lipinski definition) is 9. The second-order valence-electron chi connectivity index (χ2n) is 12.5. The molecule has 2 aliphatic heterocycles. The Balaban J connectivity index is 1.54. The second-order valence-corrected chi connectivity index (χ2v) is 12.5. The van der Waals surface area contributed by atoms with Crippen LogP contribution in [0.15, 0.2) is 30.3 Å². The number of benzene rings is 1. The van der Waals surface area contributed by atoms with Crippen molar-refractivity contribution >= 4 is 17.9 Å². The van der Waals surface area contributed by atoms with Crippen LogP contribution in [0, 0.1) is 16.7 Å². The van der Waals surface area contributed by atoms with Gasteiger partial charge in [0.1, 0.15) is 30.0 Å². The van der Waals surface area contributed by atoms with Crippen molar-refractivity contribution in [2.45, 2.75) is 102 Å². The summed E-state index contributed by atoms with van der Waals surface area (Å²) in [7, 11) is 0. The van der Waals surface area contributed by atoms with E-state index in [-0.39, 0.29) is 37.8 Å². The van der Waals surface area contributed by atoms with Crippen LogP contribution in [0.1, 0.15) is 77.1 Å². The molecule has 0 aromatic heterocycles. The first-order valence-corrected chi connectivity index (χ1v) is 13.4. The Kier molecular flexibility index (Phi) is 6.25. The van der Waals surface area contributed by atoms with Gasteiger partial charge >= 0.3 is 17.9 Å². The molecule has 9 heteroatoms. The number of aliphatic hydroxyl groups excluding tert-OH is 1. The van der Waals surface area contributed by atoms with E-state index in [1.165, 1.54) is 6.92 Å². The number of aliphatic hydroxyl groups is 2. The molecule has 0 unspecified atom stereocenters. The van der Waals surface area contributed by atoms with Gasteiger partial charge in [-0.05, 0) is 44.7 Å². The molecule has 9 nitrogen and oxygen atoms in total. The maximum atomic E-state index is 13.0. The Morgan fingerprint density at radius 2 is 1.66 bits per heavy atom. The van der Waals surface area contributed by atoms with Gasteiger partial charge in [-0.25, -0.2) is 4.79 Å². The van der Waals surface area contributed by atoms with E-state index < -0.39 is 57.9 Å². The van der Waals surface area contributed by atoms with Crippen LogP contribution in [0.4, 0.5) is 0 Å². The predicted molar refractivity (Wildman–Crippen MR) is 134 cm³/mol. The molecule has 208 valence electrons. The zero-order valence-electron chi connectivity index (χ0n) is 22.7. The summed E-state index contributed by atoms with van der Waals surface area (Å²) in [6.07, 6.45) is -1.27. The lowest BCUT2D eigenvalue weighted by atomic mass is 9.39. The van der Waals surface area contributed by atoms with Crippen LogP contribution >= 0.6 is 0 Å². The van der Waals surface area contributed by atoms with Crippen LogP contribution in [0.5, 0.6) is 0 Å². The third-order valence-corrected chi connectivity index (χ3v) is 10.5. The summed E-state index contributed by atoms with van der Waals surface area (Å²) in [6.45, 7) is 8.72. The standard InChI is InChI=1S/C29H38O9/c1-17(30)36-22-14-25(2)26(3,20(31)13-29(38-25)15-23(32)35-16-29)19-11-12-21(28(5,34)27(19,22)4)37-24(33)18-9-7-6-8-10-18/h6-10,19-22,31,34H,11-16H2,1-5H3/t19-,20+,21+,22+,25-,26-,27+,28+,29-/m1/s1. The molecule has 2 N–H and O–H groups in total. The van der Waals surface area contributed by atoms with Crippen molar-refractivity contribution < 1.29 is 43.5 Å². The maximum Gasteiger partial charge on any atom is 0.338 e. The summed E-state index contributed by atoms with van der Waals surface area (Å²) < 4.78 is 23.8. The van der Waals surface area contributed by atoms with E-state index in [0.29, 0.717) is 18.4 Å². The molecule has 2 aliphatic carbocycles. The highest BCUT2D eigenvalue weighted by atomic mass is 16.6. The molecule has 2 saturated carbocycles. The molecule has 5 rings (SSSR count). The first-order chi connectivity index (χ1) is 17.7. The Hall–Kier alpha value is -2.49. The zero-order chi connectivity index (χ0) is 27.7. The SMILES string of the molecule is CC(=O)O[C@H]1C[C@@]2(C)O[C@]3(COC(=O)C3)C[C@H](O)[C@@]2(C)[C@H]2CC[C@H](OC(=O)c3ccccc3)[C@](C)(O)[C@]12C. The Morgan fingerprint density at radius 3 is 2.26 bits per heavy atom. The van der Waals surface area contributed by atoms with Gasteiger partial charge in [0.2, 0.25) is 0 Å². The summed E-state index contributed by atoms with van der Waals surface area (Å²) in [5.41, 5.74) is -5.13. The Labute approximate surface area is 222 Å². The number of ether oxygens (including phenoxy) is 4. The fourth-order valence-corrected chi connectivity index (χ4v) is 8.13. The lowest BCUT2D eigenvalue weighted by Gasteiger charge is -2.71. The summed E-state index contributed by atoms with van der Waals surface area (Å²) in [5.74, 6) is -1.79. The highest BCUT2D eigenvalue weighted by Gasteiger charge is 2.76. The third-order valence-electron chi connectivity index (χ3n) is 10.5. The van der Waals surface area contributed by atoms with Gasteiger partial charge in [0.05, 0.1) is 23.7 Å². The highest BCUT2D eigenvalue weighted by molar-refractivity contribution is 5.89. The summed E-state index contributed by atoms with van der Waals surface area (Å²) >= 11 is 0. The van der Waals surface area contributed by atoms with Gasteiger partial charge in [0.25, 0.3) is 0 Å². The van der Waals surface area contributed by atoms with E-state index in [1.54, 1.807) is 37.3 Å². The second kappa shape index (κ2) is 8.76. The first-order valence-electron chi connectivity index (χ1n) is 13.4. The lowest BCUT2D eigenvalue weighted by molar-refractivity contribution is -0.364. The van der Waals surface area contributed by atoms with E-state index in [2.05, 4.69) is 0 Å². The molecule has 0 bridgehead atoms. The van der Waals surface area contributed by atoms with Crippen molar-refractivity contribution in [3.8, 4) is 0 Å². The minimum absolute atomic E-state index is 0.0467. The van der Waals surface area contributed by atoms with Gasteiger partial charge in [-0.15, -0.1) is 0 Å². The minimum atomic E-state index is -1.61. The smallest absolute Gasteiger partial charge is 0.338 e. The molecular weight excluding hydrogens is 492 g/mol. The van der Waals surface area contributed by atoms with Crippen molar-refractivity contribution in [3.05, 3.63) is 35.9 Å². The quantitative estimate of drug-likeness (QED) is 0.448. The predicted octanol–water partition coefficient (Wildman–Crippen LogP) is 2.95. The number of rotatable bonds is 3. The molecule has 4 aliphatic rings. The van der Waals surface area contributed by atoms with Crippen LogP contribution in [-0.2, 0) is 28.5 Å². The third kappa shape index (κ3) is 3.72. The van der Waals surface area contributed by atoms with Crippen molar-refractivity contribution in [1.82, 2.24) is 0 Å². The van der Waals surface area contributed by atoms with Gasteiger partial charge in [0.15, 0.2) is 0 Å². The van der Waals surface area contributed by atoms with E-state index in [9.17, 15) is 24.6 Å². The van der Waals surface area contributed by atoms with Crippen LogP contribution in [0.2, 0.25) is 0 Å². The molecule has 2 saturated heterocycles. The van der Waals surface area contributed by atoms with Crippen LogP contribution < -0.4 is 0 Å². The normalized spacial score (nSPS) is 46.0. The molecule has 2 heterocycles. The number of carbonyl (C=O) groups is 3. The maximum absolute atomic E-state index is 13.0. The zero-order valence-corrected chi connectivity index (χ0v) is 22.7. The van der Waals surface area contributed by atoms with E-state index in [4.69, 9.17) is 18.9 Å². The Bertz CT molecular complexity index is 1130. The number of esters is 3. The molecule has 9 atom stereocenters. The number of cyclic esters (lactones) is 1. The van der Waals surface area contributed by atoms with Gasteiger partial charge in [-0.2, -0.15) is 0 Å². The molecule has 0 radical (unpaired) electrons. The highest BCUT2D eigenvalue weighted by Crippen LogP contribution is 2.69. The van der Waals surface area contributed by atoms with E-state index in [1.807, 2.05) is 20.8 Å². The average molecular weight is 531 g/mol. The summed E-state index contributed by atoms with van der Waals surface area (Å²) in [6, 6.07) is 8.60. The molecule has 4 fully saturated rings. The lowest BCUT2D eigenvalue weighted by Crippen LogP contribution is -2.79. The van der Waals surface area contributed by atoms with E-state index in [0.717, 1.165) is 0 Å². The van der Waals surface area contributed by atoms with Crippen LogP contribution in [0.3, 0.4) is 0 Å². The number of carbonyl (C=O) groups excluding carboxylic acids is 3. The monoisotopic (exact) mass is 530 g/mol. The largest absolute Gasteiger partial charge is 0.462 e. The molecule has 0 amide bonds. The molecule has 1 spiro atoms. The van der Waals surface area contributed by atoms with Crippen LogP contribution in [-0.4, -0.2) is 69.8 Å². The summed E-state index contributed by atoms with van der Waals surface area (Å²) in [5, 5.41) is 24.0.